The molecule has 7 heteroatoms. The van der Waals surface area contributed by atoms with E-state index >= 15 is 0 Å². The van der Waals surface area contributed by atoms with Crippen LogP contribution in [0.5, 0.6) is 0 Å². The summed E-state index contributed by atoms with van der Waals surface area (Å²) in [5, 5.41) is 12.8. The molecule has 1 heterocycles. The second-order valence-corrected chi connectivity index (χ2v) is 7.07. The molecule has 0 radical (unpaired) electrons. The van der Waals surface area contributed by atoms with Gasteiger partial charge >= 0.3 is 0 Å². The van der Waals surface area contributed by atoms with E-state index < -0.39 is 0 Å². The fourth-order valence-electron chi connectivity index (χ4n) is 3.37. The fraction of sp³-hybridized carbons (Fsp3) is 0.227. The standard InChI is InChI=1S/C22H22N4O3/c1-23-17-9-5-6-10-18(17)25-21(27)15-11-16(12-15)24-22(28)19-13-20(29-26-19)14-7-3-2-4-8-14/h2-10,13,15-16,23H,11-12H2,1H3,(H,24,28)(H,25,27)/t15-,16-. The third kappa shape index (κ3) is 4.13. The van der Waals surface area contributed by atoms with Crippen LogP contribution >= 0.6 is 0 Å². The summed E-state index contributed by atoms with van der Waals surface area (Å²) < 4.78 is 5.27. The molecule has 0 unspecified atom stereocenters. The molecule has 7 nitrogen and oxygen atoms in total. The summed E-state index contributed by atoms with van der Waals surface area (Å²) >= 11 is 0. The molecule has 29 heavy (non-hydrogen) atoms. The van der Waals surface area contributed by atoms with Crippen molar-refractivity contribution in [3.8, 4) is 11.3 Å². The molecule has 2 amide bonds. The van der Waals surface area contributed by atoms with Gasteiger partial charge in [-0.05, 0) is 25.0 Å². The molecule has 3 aromatic rings. The predicted molar refractivity (Wildman–Crippen MR) is 111 cm³/mol. The van der Waals surface area contributed by atoms with Gasteiger partial charge in [0.25, 0.3) is 5.91 Å². The van der Waals surface area contributed by atoms with Gasteiger partial charge in [-0.15, -0.1) is 0 Å². The highest BCUT2D eigenvalue weighted by atomic mass is 16.5. The average molecular weight is 390 g/mol. The fourth-order valence-corrected chi connectivity index (χ4v) is 3.37. The third-order valence-corrected chi connectivity index (χ3v) is 5.10. The maximum absolute atomic E-state index is 12.4. The van der Waals surface area contributed by atoms with Crippen LogP contribution in [0, 0.1) is 5.92 Å². The molecule has 1 fully saturated rings. The molecule has 3 N–H and O–H groups in total. The zero-order chi connectivity index (χ0) is 20.2. The smallest absolute Gasteiger partial charge is 0.273 e. The van der Waals surface area contributed by atoms with E-state index in [0.717, 1.165) is 16.9 Å². The van der Waals surface area contributed by atoms with Gasteiger partial charge in [-0.3, -0.25) is 9.59 Å². The molecule has 1 saturated carbocycles. The second kappa shape index (κ2) is 8.18. The molecule has 0 aliphatic heterocycles. The van der Waals surface area contributed by atoms with Crippen molar-refractivity contribution < 1.29 is 14.1 Å². The van der Waals surface area contributed by atoms with Crippen LogP contribution in [-0.2, 0) is 4.79 Å². The number of aromatic nitrogens is 1. The number of amides is 2. The average Bonchev–Trinajstić information content (AvgIpc) is 3.21. The van der Waals surface area contributed by atoms with E-state index in [-0.39, 0.29) is 29.5 Å². The van der Waals surface area contributed by atoms with E-state index in [9.17, 15) is 9.59 Å². The number of para-hydroxylation sites is 2. The van der Waals surface area contributed by atoms with Gasteiger partial charge in [0, 0.05) is 30.6 Å². The highest BCUT2D eigenvalue weighted by molar-refractivity contribution is 5.97. The minimum absolute atomic E-state index is 0.0361. The number of benzene rings is 2. The molecule has 1 aromatic heterocycles. The number of carbonyl (C=O) groups is 2. The topological polar surface area (TPSA) is 96.3 Å². The van der Waals surface area contributed by atoms with Crippen LogP contribution in [0.4, 0.5) is 11.4 Å². The van der Waals surface area contributed by atoms with E-state index in [1.54, 1.807) is 6.07 Å². The van der Waals surface area contributed by atoms with E-state index in [1.807, 2.05) is 61.6 Å². The van der Waals surface area contributed by atoms with Crippen molar-refractivity contribution in [3.63, 3.8) is 0 Å². The van der Waals surface area contributed by atoms with E-state index in [0.29, 0.717) is 18.6 Å². The first-order chi connectivity index (χ1) is 14.1. The van der Waals surface area contributed by atoms with Crippen molar-refractivity contribution in [1.29, 1.82) is 0 Å². The minimum Gasteiger partial charge on any atom is -0.386 e. The Morgan fingerprint density at radius 1 is 1.00 bits per heavy atom. The summed E-state index contributed by atoms with van der Waals surface area (Å²) in [7, 11) is 1.81. The van der Waals surface area contributed by atoms with Gasteiger partial charge in [0.1, 0.15) is 0 Å². The molecule has 0 spiro atoms. The summed E-state index contributed by atoms with van der Waals surface area (Å²) in [5.74, 6) is 0.0959. The lowest BCUT2D eigenvalue weighted by Crippen LogP contribution is -2.48. The number of nitrogens with zero attached hydrogens (tertiary/aromatic N) is 1. The highest BCUT2D eigenvalue weighted by Crippen LogP contribution is 2.30. The van der Waals surface area contributed by atoms with Gasteiger partial charge in [0.05, 0.1) is 11.4 Å². The molecule has 0 bridgehead atoms. The monoisotopic (exact) mass is 390 g/mol. The van der Waals surface area contributed by atoms with Crippen LogP contribution in [0.2, 0.25) is 0 Å². The van der Waals surface area contributed by atoms with E-state index in [1.165, 1.54) is 0 Å². The Labute approximate surface area is 168 Å². The van der Waals surface area contributed by atoms with Gasteiger partial charge in [-0.1, -0.05) is 47.6 Å². The van der Waals surface area contributed by atoms with Crippen molar-refractivity contribution in [2.75, 3.05) is 17.7 Å². The Bertz CT molecular complexity index is 1010. The molecular formula is C22H22N4O3. The third-order valence-electron chi connectivity index (χ3n) is 5.10. The molecule has 148 valence electrons. The number of carbonyl (C=O) groups excluding carboxylic acids is 2. The molecule has 2 aromatic carbocycles. The number of nitrogens with one attached hydrogen (secondary N) is 3. The van der Waals surface area contributed by atoms with Gasteiger partial charge in [0.2, 0.25) is 5.91 Å². The van der Waals surface area contributed by atoms with Crippen molar-refractivity contribution in [1.82, 2.24) is 10.5 Å². The molecule has 0 saturated heterocycles. The number of hydrogen-bond donors (Lipinski definition) is 3. The maximum atomic E-state index is 12.4. The van der Waals surface area contributed by atoms with E-state index in [4.69, 9.17) is 4.52 Å². The Morgan fingerprint density at radius 2 is 1.69 bits per heavy atom. The van der Waals surface area contributed by atoms with E-state index in [2.05, 4.69) is 21.1 Å². The van der Waals surface area contributed by atoms with Crippen LogP contribution in [0.25, 0.3) is 11.3 Å². The highest BCUT2D eigenvalue weighted by Gasteiger charge is 2.36. The van der Waals surface area contributed by atoms with Crippen LogP contribution in [-0.4, -0.2) is 30.1 Å². The summed E-state index contributed by atoms with van der Waals surface area (Å²) in [6, 6.07) is 18.6. The predicted octanol–water partition coefficient (Wildman–Crippen LogP) is 3.53. The van der Waals surface area contributed by atoms with Gasteiger partial charge in [-0.25, -0.2) is 0 Å². The summed E-state index contributed by atoms with van der Waals surface area (Å²) in [5.41, 5.74) is 2.72. The lowest BCUT2D eigenvalue weighted by atomic mass is 9.79. The summed E-state index contributed by atoms with van der Waals surface area (Å²) in [6.07, 6.45) is 1.20. The molecule has 1 aliphatic carbocycles. The molecule has 0 atom stereocenters. The molecular weight excluding hydrogens is 368 g/mol. The number of rotatable bonds is 6. The largest absolute Gasteiger partial charge is 0.386 e. The van der Waals surface area contributed by atoms with Crippen molar-refractivity contribution >= 4 is 23.2 Å². The van der Waals surface area contributed by atoms with Crippen molar-refractivity contribution in [3.05, 3.63) is 66.4 Å². The first-order valence-electron chi connectivity index (χ1n) is 9.54. The lowest BCUT2D eigenvalue weighted by Gasteiger charge is -2.34. The Balaban J connectivity index is 1.29. The Kier molecular flexibility index (Phi) is 5.29. The molecule has 4 rings (SSSR count). The Hall–Kier alpha value is -3.61. The van der Waals surface area contributed by atoms with Gasteiger partial charge in [0.15, 0.2) is 11.5 Å². The van der Waals surface area contributed by atoms with Gasteiger partial charge in [-0.2, -0.15) is 0 Å². The van der Waals surface area contributed by atoms with Crippen LogP contribution in [0.15, 0.2) is 65.2 Å². The van der Waals surface area contributed by atoms with Crippen molar-refractivity contribution in [2.45, 2.75) is 18.9 Å². The Morgan fingerprint density at radius 3 is 2.41 bits per heavy atom. The number of anilines is 2. The summed E-state index contributed by atoms with van der Waals surface area (Å²) in [6.45, 7) is 0. The van der Waals surface area contributed by atoms with Crippen LogP contribution < -0.4 is 16.0 Å². The zero-order valence-electron chi connectivity index (χ0n) is 16.0. The summed E-state index contributed by atoms with van der Waals surface area (Å²) in [4.78, 5) is 24.8. The van der Waals surface area contributed by atoms with Gasteiger partial charge < -0.3 is 20.5 Å². The lowest BCUT2D eigenvalue weighted by molar-refractivity contribution is -0.122. The van der Waals surface area contributed by atoms with Crippen LogP contribution in [0.3, 0.4) is 0 Å². The first kappa shape index (κ1) is 18.7. The zero-order valence-corrected chi connectivity index (χ0v) is 16.0. The SMILES string of the molecule is CNc1ccccc1NC(=O)[C@H]1C[C@H](NC(=O)c2cc(-c3ccccc3)on2)C1. The number of hydrogen-bond acceptors (Lipinski definition) is 5. The maximum Gasteiger partial charge on any atom is 0.273 e. The minimum atomic E-state index is -0.291. The van der Waals surface area contributed by atoms with Crippen LogP contribution in [0.1, 0.15) is 23.3 Å². The molecule has 1 aliphatic rings. The quantitative estimate of drug-likeness (QED) is 0.598. The normalized spacial score (nSPS) is 17.8. The second-order valence-electron chi connectivity index (χ2n) is 7.07. The first-order valence-corrected chi connectivity index (χ1v) is 9.54. The van der Waals surface area contributed by atoms with Crippen molar-refractivity contribution in [2.24, 2.45) is 5.92 Å².